The normalized spacial score (nSPS) is 10.1. The van der Waals surface area contributed by atoms with E-state index in [1.165, 1.54) is 24.3 Å². The van der Waals surface area contributed by atoms with E-state index in [-0.39, 0.29) is 28.3 Å². The summed E-state index contributed by atoms with van der Waals surface area (Å²) in [5, 5.41) is 30.4. The summed E-state index contributed by atoms with van der Waals surface area (Å²) in [6.07, 6.45) is 0. The monoisotopic (exact) mass is 399 g/mol. The van der Waals surface area contributed by atoms with E-state index in [0.29, 0.717) is 3.57 Å². The molecule has 0 aliphatic heterocycles. The molecular weight excluding hydrogens is 389 g/mol. The highest BCUT2D eigenvalue weighted by atomic mass is 127. The highest BCUT2D eigenvalue weighted by Crippen LogP contribution is 2.23. The van der Waals surface area contributed by atoms with Gasteiger partial charge in [-0.15, -0.1) is 0 Å². The van der Waals surface area contributed by atoms with E-state index in [1.807, 2.05) is 22.6 Å². The Labute approximate surface area is 133 Å². The van der Waals surface area contributed by atoms with Gasteiger partial charge in [-0.25, -0.2) is 4.79 Å². The fraction of sp³-hybridized carbons (Fsp3) is 0. The van der Waals surface area contributed by atoms with Crippen molar-refractivity contribution < 1.29 is 24.9 Å². The molecule has 2 aromatic carbocycles. The highest BCUT2D eigenvalue weighted by Gasteiger charge is 2.13. The van der Waals surface area contributed by atoms with Crippen LogP contribution < -0.4 is 5.32 Å². The van der Waals surface area contributed by atoms with Gasteiger partial charge in [-0.05, 0) is 59.0 Å². The first-order valence-electron chi connectivity index (χ1n) is 5.74. The molecule has 4 N–H and O–H groups in total. The third kappa shape index (κ3) is 3.43. The van der Waals surface area contributed by atoms with Gasteiger partial charge in [0.1, 0.15) is 17.1 Å². The summed E-state index contributed by atoms with van der Waals surface area (Å²) < 4.78 is 0.613. The number of anilines is 1. The summed E-state index contributed by atoms with van der Waals surface area (Å²) in [6.45, 7) is 0. The highest BCUT2D eigenvalue weighted by molar-refractivity contribution is 14.1. The molecular formula is C14H10INO5. The Morgan fingerprint density at radius 1 is 1.00 bits per heavy atom. The van der Waals surface area contributed by atoms with Crippen molar-refractivity contribution in [2.24, 2.45) is 0 Å². The predicted molar refractivity (Wildman–Crippen MR) is 83.8 cm³/mol. The Hall–Kier alpha value is -2.29. The number of aromatic hydroxyl groups is 2. The lowest BCUT2D eigenvalue weighted by atomic mass is 10.1. The summed E-state index contributed by atoms with van der Waals surface area (Å²) in [6, 6.07) is 8.16. The third-order valence-electron chi connectivity index (χ3n) is 2.69. The summed E-state index contributed by atoms with van der Waals surface area (Å²) in [5.74, 6) is -2.19. The van der Waals surface area contributed by atoms with E-state index >= 15 is 0 Å². The second-order valence-corrected chi connectivity index (χ2v) is 5.32. The number of amides is 1. The Bertz CT molecular complexity index is 729. The smallest absolute Gasteiger partial charge is 0.339 e. The second kappa shape index (κ2) is 6.00. The molecule has 0 bridgehead atoms. The molecule has 0 fully saturated rings. The van der Waals surface area contributed by atoms with Crippen LogP contribution in [0.4, 0.5) is 5.69 Å². The number of carboxylic acids is 1. The molecule has 108 valence electrons. The van der Waals surface area contributed by atoms with Crippen LogP contribution in [0.3, 0.4) is 0 Å². The van der Waals surface area contributed by atoms with Gasteiger partial charge in [0.25, 0.3) is 5.91 Å². The summed E-state index contributed by atoms with van der Waals surface area (Å²) in [4.78, 5) is 22.9. The Kier molecular flexibility index (Phi) is 4.32. The van der Waals surface area contributed by atoms with Crippen molar-refractivity contribution in [1.29, 1.82) is 0 Å². The first-order valence-corrected chi connectivity index (χ1v) is 6.82. The van der Waals surface area contributed by atoms with Crippen molar-refractivity contribution in [1.82, 2.24) is 0 Å². The van der Waals surface area contributed by atoms with E-state index in [1.54, 1.807) is 6.07 Å². The molecule has 0 heterocycles. The fourth-order valence-corrected chi connectivity index (χ4v) is 1.98. The number of hydrogen-bond acceptors (Lipinski definition) is 4. The lowest BCUT2D eigenvalue weighted by Gasteiger charge is -2.08. The first-order chi connectivity index (χ1) is 9.88. The van der Waals surface area contributed by atoms with Crippen molar-refractivity contribution in [2.45, 2.75) is 0 Å². The van der Waals surface area contributed by atoms with Crippen molar-refractivity contribution in [3.05, 3.63) is 51.1 Å². The molecule has 0 aliphatic rings. The summed E-state index contributed by atoms with van der Waals surface area (Å²) in [7, 11) is 0. The van der Waals surface area contributed by atoms with E-state index in [0.717, 1.165) is 6.07 Å². The molecule has 2 rings (SSSR count). The summed E-state index contributed by atoms with van der Waals surface area (Å²) in [5.41, 5.74) is 0.157. The van der Waals surface area contributed by atoms with Gasteiger partial charge in [0.2, 0.25) is 0 Å². The zero-order chi connectivity index (χ0) is 15.6. The van der Waals surface area contributed by atoms with Crippen molar-refractivity contribution in [3.8, 4) is 11.5 Å². The number of hydrogen-bond donors (Lipinski definition) is 4. The number of phenols is 2. The molecule has 0 saturated heterocycles. The van der Waals surface area contributed by atoms with Crippen LogP contribution in [0.2, 0.25) is 0 Å². The van der Waals surface area contributed by atoms with Crippen LogP contribution in [-0.4, -0.2) is 27.2 Å². The van der Waals surface area contributed by atoms with E-state index in [9.17, 15) is 19.8 Å². The number of carbonyl (C=O) groups excluding carboxylic acids is 1. The number of benzene rings is 2. The molecule has 21 heavy (non-hydrogen) atoms. The lowest BCUT2D eigenvalue weighted by molar-refractivity contribution is 0.0693. The minimum atomic E-state index is -1.30. The zero-order valence-electron chi connectivity index (χ0n) is 10.5. The maximum Gasteiger partial charge on any atom is 0.339 e. The molecule has 7 heteroatoms. The predicted octanol–water partition coefficient (Wildman–Crippen LogP) is 2.65. The van der Waals surface area contributed by atoms with Gasteiger partial charge in [-0.2, -0.15) is 0 Å². The number of aromatic carboxylic acids is 1. The number of carbonyl (C=O) groups is 2. The standard InChI is InChI=1S/C14H10INO5/c15-10-3-1-7(5-12(10)18)13(19)16-8-2-4-11(17)9(6-8)14(20)21/h1-6,17-18H,(H,16,19)(H,20,21). The third-order valence-corrected chi connectivity index (χ3v) is 3.61. The second-order valence-electron chi connectivity index (χ2n) is 4.16. The van der Waals surface area contributed by atoms with Gasteiger partial charge >= 0.3 is 5.97 Å². The van der Waals surface area contributed by atoms with Gasteiger partial charge < -0.3 is 20.6 Å². The van der Waals surface area contributed by atoms with E-state index in [2.05, 4.69) is 5.32 Å². The van der Waals surface area contributed by atoms with Gasteiger partial charge in [0, 0.05) is 11.3 Å². The number of carboxylic acid groups (broad SMARTS) is 1. The van der Waals surface area contributed by atoms with Crippen LogP contribution in [-0.2, 0) is 0 Å². The first kappa shape index (κ1) is 15.1. The van der Waals surface area contributed by atoms with Crippen LogP contribution in [0.15, 0.2) is 36.4 Å². The maximum atomic E-state index is 12.0. The molecule has 1 amide bonds. The fourth-order valence-electron chi connectivity index (χ4n) is 1.64. The maximum absolute atomic E-state index is 12.0. The minimum absolute atomic E-state index is 0.0137. The molecule has 0 atom stereocenters. The molecule has 6 nitrogen and oxygen atoms in total. The van der Waals surface area contributed by atoms with Crippen molar-refractivity contribution in [2.75, 3.05) is 5.32 Å². The van der Waals surface area contributed by atoms with Gasteiger partial charge in [-0.1, -0.05) is 0 Å². The number of nitrogens with one attached hydrogen (secondary N) is 1. The SMILES string of the molecule is O=C(Nc1ccc(O)c(C(=O)O)c1)c1ccc(I)c(O)c1. The Balaban J connectivity index is 2.25. The topological polar surface area (TPSA) is 107 Å². The van der Waals surface area contributed by atoms with Crippen molar-refractivity contribution in [3.63, 3.8) is 0 Å². The molecule has 0 spiro atoms. The van der Waals surface area contributed by atoms with E-state index < -0.39 is 11.9 Å². The summed E-state index contributed by atoms with van der Waals surface area (Å²) >= 11 is 1.93. The number of halogens is 1. The molecule has 0 radical (unpaired) electrons. The minimum Gasteiger partial charge on any atom is -0.507 e. The average Bonchev–Trinajstić information content (AvgIpc) is 2.43. The van der Waals surface area contributed by atoms with Gasteiger partial charge in [0.05, 0.1) is 3.57 Å². The van der Waals surface area contributed by atoms with Crippen LogP contribution in [0.5, 0.6) is 11.5 Å². The van der Waals surface area contributed by atoms with Gasteiger partial charge in [0.15, 0.2) is 0 Å². The Morgan fingerprint density at radius 3 is 2.33 bits per heavy atom. The molecule has 2 aromatic rings. The van der Waals surface area contributed by atoms with Crippen molar-refractivity contribution >= 4 is 40.2 Å². The number of rotatable bonds is 3. The molecule has 0 aromatic heterocycles. The van der Waals surface area contributed by atoms with Crippen LogP contribution in [0, 0.1) is 3.57 Å². The molecule has 0 unspecified atom stereocenters. The van der Waals surface area contributed by atoms with Crippen LogP contribution in [0.25, 0.3) is 0 Å². The molecule has 0 saturated carbocycles. The van der Waals surface area contributed by atoms with E-state index in [4.69, 9.17) is 5.11 Å². The quantitative estimate of drug-likeness (QED) is 0.469. The average molecular weight is 399 g/mol. The lowest BCUT2D eigenvalue weighted by Crippen LogP contribution is -2.12. The van der Waals surface area contributed by atoms with Gasteiger partial charge in [-0.3, -0.25) is 4.79 Å². The largest absolute Gasteiger partial charge is 0.507 e. The molecule has 0 aliphatic carbocycles. The zero-order valence-corrected chi connectivity index (χ0v) is 12.7. The van der Waals surface area contributed by atoms with Crippen LogP contribution >= 0.6 is 22.6 Å². The van der Waals surface area contributed by atoms with Crippen LogP contribution in [0.1, 0.15) is 20.7 Å². The Morgan fingerprint density at radius 2 is 1.71 bits per heavy atom. The number of phenolic OH excluding ortho intramolecular Hbond substituents is 1.